The standard InChI is InChI=1S/C16H14N2O7S/c1-9(10-2-3-11-12(6-10)25-8-24-11)17-14(19)7-23-16(20)13-4-5-15(26-13)18(21)22/h2-6,9H,7-8H2,1H3,(H,17,19)/t9-/m0/s1. The van der Waals surface area contributed by atoms with E-state index in [1.807, 2.05) is 0 Å². The van der Waals surface area contributed by atoms with Crippen LogP contribution in [0.15, 0.2) is 30.3 Å². The van der Waals surface area contributed by atoms with Crippen molar-refractivity contribution in [3.05, 3.63) is 50.9 Å². The van der Waals surface area contributed by atoms with E-state index in [1.54, 1.807) is 25.1 Å². The second-order valence-electron chi connectivity index (χ2n) is 5.37. The van der Waals surface area contributed by atoms with E-state index >= 15 is 0 Å². The number of amides is 1. The number of rotatable bonds is 6. The van der Waals surface area contributed by atoms with E-state index in [1.165, 1.54) is 12.1 Å². The van der Waals surface area contributed by atoms with Crippen LogP contribution in [-0.2, 0) is 9.53 Å². The summed E-state index contributed by atoms with van der Waals surface area (Å²) in [6.45, 7) is 1.45. The van der Waals surface area contributed by atoms with Crippen molar-refractivity contribution in [2.24, 2.45) is 0 Å². The lowest BCUT2D eigenvalue weighted by Gasteiger charge is -2.14. The van der Waals surface area contributed by atoms with Gasteiger partial charge in [-0.15, -0.1) is 0 Å². The number of nitro groups is 1. The van der Waals surface area contributed by atoms with E-state index in [2.05, 4.69) is 5.32 Å². The molecule has 0 fully saturated rings. The summed E-state index contributed by atoms with van der Waals surface area (Å²) in [5.41, 5.74) is 0.808. The third-order valence-corrected chi connectivity index (χ3v) is 4.60. The molecule has 10 heteroatoms. The van der Waals surface area contributed by atoms with Crippen LogP contribution < -0.4 is 14.8 Å². The molecule has 1 N–H and O–H groups in total. The maximum absolute atomic E-state index is 12.0. The molecule has 2 aromatic rings. The Morgan fingerprint density at radius 1 is 1.31 bits per heavy atom. The van der Waals surface area contributed by atoms with Gasteiger partial charge in [-0.1, -0.05) is 17.4 Å². The van der Waals surface area contributed by atoms with E-state index < -0.39 is 23.4 Å². The molecule has 3 rings (SSSR count). The Morgan fingerprint density at radius 3 is 2.81 bits per heavy atom. The lowest BCUT2D eigenvalue weighted by atomic mass is 10.1. The zero-order valence-electron chi connectivity index (χ0n) is 13.6. The van der Waals surface area contributed by atoms with Crippen molar-refractivity contribution in [1.29, 1.82) is 0 Å². The topological polar surface area (TPSA) is 117 Å². The second kappa shape index (κ2) is 7.40. The summed E-state index contributed by atoms with van der Waals surface area (Å²) in [5, 5.41) is 13.1. The van der Waals surface area contributed by atoms with E-state index in [4.69, 9.17) is 14.2 Å². The Balaban J connectivity index is 1.51. The minimum absolute atomic E-state index is 0.0633. The molecule has 1 atom stereocenters. The number of fused-ring (bicyclic) bond motifs is 1. The molecule has 0 aliphatic carbocycles. The van der Waals surface area contributed by atoms with Crippen molar-refractivity contribution >= 4 is 28.2 Å². The van der Waals surface area contributed by atoms with Gasteiger partial charge in [0.15, 0.2) is 18.1 Å². The van der Waals surface area contributed by atoms with Crippen molar-refractivity contribution in [2.75, 3.05) is 13.4 Å². The van der Waals surface area contributed by atoms with Gasteiger partial charge in [0.2, 0.25) is 6.79 Å². The number of nitrogens with one attached hydrogen (secondary N) is 1. The average Bonchev–Trinajstić information content (AvgIpc) is 3.28. The van der Waals surface area contributed by atoms with Crippen LogP contribution in [0.1, 0.15) is 28.2 Å². The Bertz CT molecular complexity index is 864. The van der Waals surface area contributed by atoms with Gasteiger partial charge in [-0.25, -0.2) is 4.79 Å². The molecule has 2 heterocycles. The first-order valence-corrected chi connectivity index (χ1v) is 8.36. The number of carbonyl (C=O) groups is 2. The summed E-state index contributed by atoms with van der Waals surface area (Å²) < 4.78 is 15.4. The van der Waals surface area contributed by atoms with Crippen LogP contribution in [0.4, 0.5) is 5.00 Å². The van der Waals surface area contributed by atoms with Gasteiger partial charge in [-0.2, -0.15) is 0 Å². The maximum atomic E-state index is 12.0. The summed E-state index contributed by atoms with van der Waals surface area (Å²) in [4.78, 5) is 33.9. The molecule has 0 radical (unpaired) electrons. The number of hydrogen-bond acceptors (Lipinski definition) is 8. The number of hydrogen-bond donors (Lipinski definition) is 1. The third kappa shape index (κ3) is 3.91. The monoisotopic (exact) mass is 378 g/mol. The number of ether oxygens (including phenoxy) is 3. The number of benzene rings is 1. The minimum Gasteiger partial charge on any atom is -0.454 e. The fourth-order valence-electron chi connectivity index (χ4n) is 2.29. The highest BCUT2D eigenvalue weighted by Gasteiger charge is 2.19. The molecule has 1 aromatic heterocycles. The molecule has 1 aromatic carbocycles. The Hall–Kier alpha value is -3.14. The zero-order valence-corrected chi connectivity index (χ0v) is 14.4. The summed E-state index contributed by atoms with van der Waals surface area (Å²) in [5.74, 6) is -0.0240. The Kier molecular flexibility index (Phi) is 5.03. The van der Waals surface area contributed by atoms with Crippen LogP contribution in [0, 0.1) is 10.1 Å². The van der Waals surface area contributed by atoms with Gasteiger partial charge in [-0.05, 0) is 30.7 Å². The largest absolute Gasteiger partial charge is 0.454 e. The molecule has 1 amide bonds. The van der Waals surface area contributed by atoms with Gasteiger partial charge < -0.3 is 19.5 Å². The summed E-state index contributed by atoms with van der Waals surface area (Å²) in [7, 11) is 0. The minimum atomic E-state index is -0.783. The maximum Gasteiger partial charge on any atom is 0.349 e. The van der Waals surface area contributed by atoms with Gasteiger partial charge in [-0.3, -0.25) is 14.9 Å². The molecule has 136 valence electrons. The summed E-state index contributed by atoms with van der Waals surface area (Å²) >= 11 is 0.692. The number of thiophene rings is 1. The normalized spacial score (nSPS) is 13.1. The SMILES string of the molecule is C[C@H](NC(=O)COC(=O)c1ccc([N+](=O)[O-])s1)c1ccc2c(c1)OCO2. The first kappa shape index (κ1) is 17.7. The van der Waals surface area contributed by atoms with Crippen molar-refractivity contribution in [2.45, 2.75) is 13.0 Å². The van der Waals surface area contributed by atoms with E-state index in [9.17, 15) is 19.7 Å². The van der Waals surface area contributed by atoms with Crippen LogP contribution in [0.25, 0.3) is 0 Å². The molecule has 0 saturated heterocycles. The van der Waals surface area contributed by atoms with Gasteiger partial charge in [0.25, 0.3) is 5.91 Å². The highest BCUT2D eigenvalue weighted by Crippen LogP contribution is 2.34. The second-order valence-corrected chi connectivity index (χ2v) is 6.44. The molecule has 26 heavy (non-hydrogen) atoms. The van der Waals surface area contributed by atoms with E-state index in [0.29, 0.717) is 22.8 Å². The fraction of sp³-hybridized carbons (Fsp3) is 0.250. The van der Waals surface area contributed by atoms with Gasteiger partial charge >= 0.3 is 11.0 Å². The van der Waals surface area contributed by atoms with E-state index in [-0.39, 0.29) is 22.7 Å². The van der Waals surface area contributed by atoms with Crippen molar-refractivity contribution < 1.29 is 28.7 Å². The Labute approximate surface area is 151 Å². The van der Waals surface area contributed by atoms with E-state index in [0.717, 1.165) is 5.56 Å². The Morgan fingerprint density at radius 2 is 2.08 bits per heavy atom. The first-order valence-electron chi connectivity index (χ1n) is 7.54. The first-order chi connectivity index (χ1) is 12.4. The van der Waals surface area contributed by atoms with Gasteiger partial charge in [0.1, 0.15) is 4.88 Å². The lowest BCUT2D eigenvalue weighted by molar-refractivity contribution is -0.380. The molecular formula is C16H14N2O7S. The van der Waals surface area contributed by atoms with Crippen LogP contribution >= 0.6 is 11.3 Å². The molecule has 0 unspecified atom stereocenters. The highest BCUT2D eigenvalue weighted by atomic mass is 32.1. The quantitative estimate of drug-likeness (QED) is 0.466. The molecule has 0 spiro atoms. The molecule has 0 saturated carbocycles. The molecule has 1 aliphatic rings. The number of nitrogens with zero attached hydrogens (tertiary/aromatic N) is 1. The zero-order chi connectivity index (χ0) is 18.7. The molecule has 0 bridgehead atoms. The third-order valence-electron chi connectivity index (χ3n) is 3.58. The smallest absolute Gasteiger partial charge is 0.349 e. The van der Waals surface area contributed by atoms with Gasteiger partial charge in [0, 0.05) is 6.07 Å². The summed E-state index contributed by atoms with van der Waals surface area (Å²) in [6.07, 6.45) is 0. The average molecular weight is 378 g/mol. The highest BCUT2D eigenvalue weighted by molar-refractivity contribution is 7.17. The van der Waals surface area contributed by atoms with Crippen LogP contribution in [0.3, 0.4) is 0 Å². The van der Waals surface area contributed by atoms with Crippen molar-refractivity contribution in [1.82, 2.24) is 5.32 Å². The van der Waals surface area contributed by atoms with Crippen molar-refractivity contribution in [3.8, 4) is 11.5 Å². The molecule has 9 nitrogen and oxygen atoms in total. The van der Waals surface area contributed by atoms with Gasteiger partial charge in [0.05, 0.1) is 11.0 Å². The van der Waals surface area contributed by atoms with Crippen LogP contribution in [0.5, 0.6) is 11.5 Å². The number of esters is 1. The predicted molar refractivity (Wildman–Crippen MR) is 90.4 cm³/mol. The predicted octanol–water partition coefficient (Wildman–Crippen LogP) is 2.42. The summed E-state index contributed by atoms with van der Waals surface area (Å²) in [6, 6.07) is 7.49. The number of carbonyl (C=O) groups excluding carboxylic acids is 2. The lowest BCUT2D eigenvalue weighted by Crippen LogP contribution is -2.31. The van der Waals surface area contributed by atoms with Crippen LogP contribution in [0.2, 0.25) is 0 Å². The van der Waals surface area contributed by atoms with Crippen molar-refractivity contribution in [3.63, 3.8) is 0 Å². The molecule has 1 aliphatic heterocycles. The molecular weight excluding hydrogens is 364 g/mol. The fourth-order valence-corrected chi connectivity index (χ4v) is 3.00. The van der Waals surface area contributed by atoms with Crippen LogP contribution in [-0.4, -0.2) is 30.2 Å².